The number of nitrogens with zero attached hydrogens (tertiary/aromatic N) is 1. The summed E-state index contributed by atoms with van der Waals surface area (Å²) in [6.07, 6.45) is 0.419. The molecule has 0 aromatic heterocycles. The van der Waals surface area contributed by atoms with E-state index in [1.165, 1.54) is 17.0 Å². The van der Waals surface area contributed by atoms with Gasteiger partial charge in [-0.3, -0.25) is 14.5 Å². The molecule has 2 heterocycles. The lowest BCUT2D eigenvalue weighted by molar-refractivity contribution is -0.140. The molecule has 5 rings (SSSR count). The van der Waals surface area contributed by atoms with E-state index in [0.717, 1.165) is 6.07 Å². The second-order valence-electron chi connectivity index (χ2n) is 10.1. The maximum Gasteiger partial charge on any atom is 0.339 e. The zero-order valence-electron chi connectivity index (χ0n) is 20.4. The largest absolute Gasteiger partial charge is 0.462 e. The molecule has 2 aromatic rings. The van der Waals surface area contributed by atoms with Crippen LogP contribution in [-0.2, 0) is 24.5 Å². The predicted octanol–water partition coefficient (Wildman–Crippen LogP) is 5.33. The molecule has 0 radical (unpaired) electrons. The third-order valence-electron chi connectivity index (χ3n) is 6.97. The first-order valence-corrected chi connectivity index (χ1v) is 12.9. The van der Waals surface area contributed by atoms with Gasteiger partial charge in [0.15, 0.2) is 5.78 Å². The normalized spacial score (nSPS) is 22.3. The monoisotopic (exact) mass is 587 g/mol. The van der Waals surface area contributed by atoms with Gasteiger partial charge in [0.1, 0.15) is 22.6 Å². The van der Waals surface area contributed by atoms with Crippen LogP contribution in [0.4, 0.5) is 15.8 Å². The van der Waals surface area contributed by atoms with Gasteiger partial charge in [-0.2, -0.15) is 0 Å². The van der Waals surface area contributed by atoms with E-state index in [1.807, 2.05) is 13.8 Å². The number of ether oxygens (including phenoxy) is 1. The summed E-state index contributed by atoms with van der Waals surface area (Å²) in [6, 6.07) is 9.18. The zero-order chi connectivity index (χ0) is 26.9. The molecule has 3 N–H and O–H groups in total. The lowest BCUT2D eigenvalue weighted by Crippen LogP contribution is -2.54. The molecular formula is C27H24BrClFN3O4. The summed E-state index contributed by atoms with van der Waals surface area (Å²) >= 11 is 9.46. The molecule has 37 heavy (non-hydrogen) atoms. The Morgan fingerprint density at radius 2 is 1.95 bits per heavy atom. The number of Topliss-reactive ketones (excluding diaryl/α,β-unsaturated/α-hetero) is 1. The van der Waals surface area contributed by atoms with E-state index in [9.17, 15) is 14.4 Å². The third-order valence-corrected chi connectivity index (χ3v) is 7.70. The second-order valence-corrected chi connectivity index (χ2v) is 11.4. The van der Waals surface area contributed by atoms with Crippen molar-refractivity contribution in [2.24, 2.45) is 11.1 Å². The van der Waals surface area contributed by atoms with Crippen LogP contribution in [0.15, 0.2) is 63.5 Å². The Labute approximate surface area is 226 Å². The number of allylic oxidation sites excluding steroid dienone is 1. The Morgan fingerprint density at radius 3 is 2.62 bits per heavy atom. The Morgan fingerprint density at radius 1 is 1.22 bits per heavy atom. The van der Waals surface area contributed by atoms with E-state index >= 15 is 4.39 Å². The van der Waals surface area contributed by atoms with Crippen LogP contribution >= 0.6 is 27.5 Å². The number of hydrogen-bond donors (Lipinski definition) is 2. The minimum Gasteiger partial charge on any atom is -0.462 e. The highest BCUT2D eigenvalue weighted by molar-refractivity contribution is 9.10. The van der Waals surface area contributed by atoms with Crippen molar-refractivity contribution in [3.8, 4) is 0 Å². The van der Waals surface area contributed by atoms with Crippen molar-refractivity contribution in [3.05, 3.63) is 79.9 Å². The highest BCUT2D eigenvalue weighted by Gasteiger charge is 2.63. The molecule has 0 saturated carbocycles. The van der Waals surface area contributed by atoms with Crippen molar-refractivity contribution in [1.29, 1.82) is 0 Å². The SMILES string of the molecule is CCOC(=O)C1=C(N)N(c2ccc(Cl)cc2F)C2=C(C(=O)CC(C)(C)C2)C12C(=O)Nc1ccc(Br)cc12. The number of ketones is 1. The molecule has 7 nitrogen and oxygen atoms in total. The van der Waals surface area contributed by atoms with Gasteiger partial charge in [0, 0.05) is 38.4 Å². The molecular weight excluding hydrogens is 565 g/mol. The summed E-state index contributed by atoms with van der Waals surface area (Å²) < 4.78 is 21.4. The average Bonchev–Trinajstić information content (AvgIpc) is 3.05. The molecule has 0 bridgehead atoms. The smallest absolute Gasteiger partial charge is 0.339 e. The molecule has 2 aliphatic heterocycles. The van der Waals surface area contributed by atoms with Gasteiger partial charge >= 0.3 is 5.97 Å². The van der Waals surface area contributed by atoms with Gasteiger partial charge < -0.3 is 15.8 Å². The van der Waals surface area contributed by atoms with Crippen LogP contribution < -0.4 is 16.0 Å². The van der Waals surface area contributed by atoms with Gasteiger partial charge in [-0.25, -0.2) is 9.18 Å². The Kier molecular flexibility index (Phi) is 5.99. The van der Waals surface area contributed by atoms with Gasteiger partial charge in [-0.05, 0) is 55.2 Å². The molecule has 1 spiro atoms. The van der Waals surface area contributed by atoms with E-state index in [2.05, 4.69) is 21.2 Å². The first kappa shape index (κ1) is 25.5. The van der Waals surface area contributed by atoms with Crippen LogP contribution in [-0.4, -0.2) is 24.3 Å². The highest BCUT2D eigenvalue weighted by Crippen LogP contribution is 2.58. The maximum absolute atomic E-state index is 15.4. The molecule has 0 fully saturated rings. The van der Waals surface area contributed by atoms with Crippen LogP contribution in [0.5, 0.6) is 0 Å². The minimum atomic E-state index is -1.86. The quantitative estimate of drug-likeness (QED) is 0.470. The molecule has 10 heteroatoms. The standard InChI is InChI=1S/C27H24BrClFN3O4/c1-4-37-24(35)22-23(31)33(18-8-6-14(29)10-16(18)30)19-11-26(2,3)12-20(34)21(19)27(22)15-9-13(28)5-7-17(15)32-25(27)36/h5-10H,4,11-12,31H2,1-3H3,(H,32,36). The Hall–Kier alpha value is -3.17. The summed E-state index contributed by atoms with van der Waals surface area (Å²) in [5.41, 5.74) is 5.39. The van der Waals surface area contributed by atoms with Crippen molar-refractivity contribution in [1.82, 2.24) is 0 Å². The van der Waals surface area contributed by atoms with E-state index in [-0.39, 0.29) is 46.5 Å². The number of benzene rings is 2. The molecule has 2 aromatic carbocycles. The van der Waals surface area contributed by atoms with Crippen LogP contribution in [0.2, 0.25) is 5.02 Å². The van der Waals surface area contributed by atoms with E-state index < -0.39 is 28.5 Å². The second kappa shape index (κ2) is 8.70. The molecule has 1 aliphatic carbocycles. The number of rotatable bonds is 3. The number of amides is 1. The molecule has 0 saturated heterocycles. The topological polar surface area (TPSA) is 102 Å². The fourth-order valence-corrected chi connectivity index (χ4v) is 6.17. The Bertz CT molecular complexity index is 1470. The number of fused-ring (bicyclic) bond motifs is 3. The number of halogens is 3. The number of nitrogens with one attached hydrogen (secondary N) is 1. The van der Waals surface area contributed by atoms with Gasteiger partial charge in [0.25, 0.3) is 0 Å². The number of esters is 1. The van der Waals surface area contributed by atoms with Gasteiger partial charge in [0.2, 0.25) is 5.91 Å². The summed E-state index contributed by atoms with van der Waals surface area (Å²) in [5, 5.41) is 3.00. The van der Waals surface area contributed by atoms with Crippen molar-refractivity contribution >= 4 is 56.6 Å². The van der Waals surface area contributed by atoms with Gasteiger partial charge in [-0.1, -0.05) is 41.4 Å². The molecule has 1 amide bonds. The first-order chi connectivity index (χ1) is 17.4. The van der Waals surface area contributed by atoms with Crippen LogP contribution in [0.3, 0.4) is 0 Å². The molecule has 3 aliphatic rings. The fourth-order valence-electron chi connectivity index (χ4n) is 5.65. The van der Waals surface area contributed by atoms with Crippen LogP contribution in [0, 0.1) is 11.2 Å². The van der Waals surface area contributed by atoms with Crippen molar-refractivity contribution in [2.75, 3.05) is 16.8 Å². The molecule has 1 atom stereocenters. The summed E-state index contributed by atoms with van der Waals surface area (Å²) in [4.78, 5) is 42.9. The van der Waals surface area contributed by atoms with Gasteiger partial charge in [-0.15, -0.1) is 0 Å². The number of carbonyl (C=O) groups is 3. The zero-order valence-corrected chi connectivity index (χ0v) is 22.7. The predicted molar refractivity (Wildman–Crippen MR) is 141 cm³/mol. The summed E-state index contributed by atoms with van der Waals surface area (Å²) in [7, 11) is 0. The molecule has 1 unspecified atom stereocenters. The van der Waals surface area contributed by atoms with E-state index in [0.29, 0.717) is 27.8 Å². The number of nitrogens with two attached hydrogens (primary N) is 1. The lowest BCUT2D eigenvalue weighted by atomic mass is 9.60. The van der Waals surface area contributed by atoms with Crippen molar-refractivity contribution in [3.63, 3.8) is 0 Å². The summed E-state index contributed by atoms with van der Waals surface area (Å²) in [6.45, 7) is 5.45. The van der Waals surface area contributed by atoms with E-state index in [4.69, 9.17) is 22.1 Å². The Balaban J connectivity index is 1.94. The average molecular weight is 589 g/mol. The number of anilines is 2. The molecule has 192 valence electrons. The van der Waals surface area contributed by atoms with Gasteiger partial charge in [0.05, 0.1) is 12.3 Å². The lowest BCUT2D eigenvalue weighted by Gasteiger charge is -2.47. The van der Waals surface area contributed by atoms with Crippen molar-refractivity contribution in [2.45, 2.75) is 39.0 Å². The minimum absolute atomic E-state index is 0.000835. The number of carbonyl (C=O) groups excluding carboxylic acids is 3. The highest BCUT2D eigenvalue weighted by atomic mass is 79.9. The fraction of sp³-hybridized carbons (Fsp3) is 0.296. The summed E-state index contributed by atoms with van der Waals surface area (Å²) in [5.74, 6) is -2.68. The first-order valence-electron chi connectivity index (χ1n) is 11.7. The van der Waals surface area contributed by atoms with E-state index in [1.54, 1.807) is 25.1 Å². The maximum atomic E-state index is 15.4. The van der Waals surface area contributed by atoms with Crippen molar-refractivity contribution < 1.29 is 23.5 Å². The van der Waals surface area contributed by atoms with Crippen LogP contribution in [0.1, 0.15) is 39.2 Å². The third kappa shape index (κ3) is 3.70. The number of hydrogen-bond acceptors (Lipinski definition) is 6. The van der Waals surface area contributed by atoms with Crippen LogP contribution in [0.25, 0.3) is 0 Å².